The van der Waals surface area contributed by atoms with Gasteiger partial charge in [0.05, 0.1) is 0 Å². The van der Waals surface area contributed by atoms with Gasteiger partial charge in [-0.25, -0.2) is 0 Å². The second kappa shape index (κ2) is 6.73. The van der Waals surface area contributed by atoms with Crippen molar-refractivity contribution >= 4 is 15.9 Å². The van der Waals surface area contributed by atoms with Gasteiger partial charge in [0.2, 0.25) is 0 Å². The first-order chi connectivity index (χ1) is 10.3. The predicted octanol–water partition coefficient (Wildman–Crippen LogP) is 4.07. The van der Waals surface area contributed by atoms with Crippen molar-refractivity contribution in [3.63, 3.8) is 0 Å². The average Bonchev–Trinajstić information content (AvgIpc) is 2.90. The summed E-state index contributed by atoms with van der Waals surface area (Å²) in [5.74, 6) is 0. The van der Waals surface area contributed by atoms with Crippen LogP contribution in [0.3, 0.4) is 0 Å². The Morgan fingerprint density at radius 1 is 1.10 bits per heavy atom. The summed E-state index contributed by atoms with van der Waals surface area (Å²) in [5, 5.41) is 3.36. The minimum Gasteiger partial charge on any atom is -0.313 e. The van der Waals surface area contributed by atoms with Gasteiger partial charge in [0.15, 0.2) is 0 Å². The molecule has 1 aliphatic heterocycles. The van der Waals surface area contributed by atoms with Gasteiger partial charge in [-0.3, -0.25) is 4.90 Å². The molecule has 2 aromatic rings. The molecule has 0 unspecified atom stereocenters. The summed E-state index contributed by atoms with van der Waals surface area (Å²) in [7, 11) is 0. The lowest BCUT2D eigenvalue weighted by molar-refractivity contribution is 0.275. The van der Waals surface area contributed by atoms with Crippen molar-refractivity contribution in [2.75, 3.05) is 6.54 Å². The van der Waals surface area contributed by atoms with Crippen molar-refractivity contribution in [2.45, 2.75) is 33.1 Å². The Labute approximate surface area is 135 Å². The van der Waals surface area contributed by atoms with Gasteiger partial charge in [-0.2, -0.15) is 0 Å². The van der Waals surface area contributed by atoms with Crippen LogP contribution in [0.1, 0.15) is 29.2 Å². The monoisotopic (exact) mass is 344 g/mol. The normalized spacial score (nSPS) is 14.4. The zero-order valence-electron chi connectivity index (χ0n) is 12.4. The number of benzene rings is 2. The number of halogens is 1. The zero-order valence-corrected chi connectivity index (χ0v) is 14.0. The molecule has 0 spiro atoms. The molecule has 1 aliphatic rings. The van der Waals surface area contributed by atoms with Crippen LogP contribution < -0.4 is 5.32 Å². The molecule has 0 amide bonds. The highest BCUT2D eigenvalue weighted by Gasteiger charge is 2.18. The third-order valence-corrected chi connectivity index (χ3v) is 4.74. The summed E-state index contributed by atoms with van der Waals surface area (Å²) in [4.78, 5) is 2.49. The number of nitrogens with zero attached hydrogens (tertiary/aromatic N) is 1. The van der Waals surface area contributed by atoms with E-state index in [1.807, 2.05) is 0 Å². The smallest absolute Gasteiger partial charge is 0.0252 e. The van der Waals surface area contributed by atoms with E-state index < -0.39 is 0 Å². The first-order valence-corrected chi connectivity index (χ1v) is 8.32. The van der Waals surface area contributed by atoms with E-state index in [1.54, 1.807) is 0 Å². The SMILES string of the molecule is CCNCc1ccc(CN2Cc3ccccc3C2)c(Br)c1. The van der Waals surface area contributed by atoms with Crippen molar-refractivity contribution in [1.82, 2.24) is 10.2 Å². The average molecular weight is 345 g/mol. The van der Waals surface area contributed by atoms with Gasteiger partial charge in [0.1, 0.15) is 0 Å². The third-order valence-electron chi connectivity index (χ3n) is 4.00. The van der Waals surface area contributed by atoms with Crippen LogP contribution in [0, 0.1) is 0 Å². The van der Waals surface area contributed by atoms with Gasteiger partial charge < -0.3 is 5.32 Å². The van der Waals surface area contributed by atoms with E-state index in [0.29, 0.717) is 0 Å². The fraction of sp³-hybridized carbons (Fsp3) is 0.333. The maximum atomic E-state index is 3.73. The van der Waals surface area contributed by atoms with Crippen LogP contribution in [-0.4, -0.2) is 11.4 Å². The molecule has 0 aromatic heterocycles. The van der Waals surface area contributed by atoms with Crippen LogP contribution in [0.2, 0.25) is 0 Å². The first-order valence-electron chi connectivity index (χ1n) is 7.53. The third kappa shape index (κ3) is 3.54. The van der Waals surface area contributed by atoms with E-state index in [-0.39, 0.29) is 0 Å². The highest BCUT2D eigenvalue weighted by molar-refractivity contribution is 9.10. The summed E-state index contributed by atoms with van der Waals surface area (Å²) >= 11 is 3.73. The minimum atomic E-state index is 0.935. The van der Waals surface area contributed by atoms with Crippen molar-refractivity contribution in [1.29, 1.82) is 0 Å². The van der Waals surface area contributed by atoms with E-state index in [1.165, 1.54) is 26.7 Å². The number of fused-ring (bicyclic) bond motifs is 1. The molecule has 0 bridgehead atoms. The van der Waals surface area contributed by atoms with E-state index in [0.717, 1.165) is 32.7 Å². The second-order valence-corrected chi connectivity index (χ2v) is 6.47. The van der Waals surface area contributed by atoms with Gasteiger partial charge in [-0.15, -0.1) is 0 Å². The Balaban J connectivity index is 1.66. The Bertz CT molecular complexity index is 599. The van der Waals surface area contributed by atoms with Crippen molar-refractivity contribution < 1.29 is 0 Å². The van der Waals surface area contributed by atoms with E-state index in [2.05, 4.69) is 75.5 Å². The van der Waals surface area contributed by atoms with Gasteiger partial charge in [-0.05, 0) is 34.9 Å². The Morgan fingerprint density at radius 2 is 1.81 bits per heavy atom. The lowest BCUT2D eigenvalue weighted by Crippen LogP contribution is -2.16. The molecule has 0 saturated carbocycles. The Kier molecular flexibility index (Phi) is 4.73. The van der Waals surface area contributed by atoms with Crippen LogP contribution in [0.5, 0.6) is 0 Å². The highest BCUT2D eigenvalue weighted by atomic mass is 79.9. The van der Waals surface area contributed by atoms with Crippen LogP contribution in [0.4, 0.5) is 0 Å². The Hall–Kier alpha value is -1.16. The molecule has 21 heavy (non-hydrogen) atoms. The topological polar surface area (TPSA) is 15.3 Å². The summed E-state index contributed by atoms with van der Waals surface area (Å²) < 4.78 is 1.22. The minimum absolute atomic E-state index is 0.935. The van der Waals surface area contributed by atoms with Gasteiger partial charge in [0, 0.05) is 30.7 Å². The number of hydrogen-bond donors (Lipinski definition) is 1. The second-order valence-electron chi connectivity index (χ2n) is 5.62. The molecule has 1 heterocycles. The molecular weight excluding hydrogens is 324 g/mol. The fourth-order valence-electron chi connectivity index (χ4n) is 2.85. The maximum Gasteiger partial charge on any atom is 0.0252 e. The summed E-state index contributed by atoms with van der Waals surface area (Å²) in [5.41, 5.74) is 5.63. The fourth-order valence-corrected chi connectivity index (χ4v) is 3.41. The molecule has 2 nitrogen and oxygen atoms in total. The van der Waals surface area contributed by atoms with E-state index >= 15 is 0 Å². The zero-order chi connectivity index (χ0) is 14.7. The molecule has 110 valence electrons. The predicted molar refractivity (Wildman–Crippen MR) is 90.9 cm³/mol. The molecule has 0 radical (unpaired) electrons. The van der Waals surface area contributed by atoms with Crippen LogP contribution in [0.25, 0.3) is 0 Å². The highest BCUT2D eigenvalue weighted by Crippen LogP contribution is 2.26. The largest absolute Gasteiger partial charge is 0.313 e. The lowest BCUT2D eigenvalue weighted by Gasteiger charge is -2.16. The van der Waals surface area contributed by atoms with Gasteiger partial charge >= 0.3 is 0 Å². The molecule has 0 aliphatic carbocycles. The molecular formula is C18H21BrN2. The summed E-state index contributed by atoms with van der Waals surface area (Å²) in [6.45, 7) is 7.19. The molecule has 1 N–H and O–H groups in total. The molecule has 2 aromatic carbocycles. The number of hydrogen-bond acceptors (Lipinski definition) is 2. The first kappa shape index (κ1) is 14.8. The lowest BCUT2D eigenvalue weighted by atomic mass is 10.1. The van der Waals surface area contributed by atoms with E-state index in [4.69, 9.17) is 0 Å². The van der Waals surface area contributed by atoms with Crippen molar-refractivity contribution in [3.8, 4) is 0 Å². The number of rotatable bonds is 5. The standard InChI is InChI=1S/C18H21BrN2/c1-2-20-10-14-7-8-17(18(19)9-14)13-21-11-15-5-3-4-6-16(15)12-21/h3-9,20H,2,10-13H2,1H3. The molecule has 3 heteroatoms. The van der Waals surface area contributed by atoms with Crippen LogP contribution >= 0.6 is 15.9 Å². The summed E-state index contributed by atoms with van der Waals surface area (Å²) in [6, 6.07) is 15.5. The van der Waals surface area contributed by atoms with Crippen molar-refractivity contribution in [2.24, 2.45) is 0 Å². The summed E-state index contributed by atoms with van der Waals surface area (Å²) in [6.07, 6.45) is 0. The molecule has 3 rings (SSSR count). The van der Waals surface area contributed by atoms with Gasteiger partial charge in [-0.1, -0.05) is 59.3 Å². The van der Waals surface area contributed by atoms with Crippen LogP contribution in [-0.2, 0) is 26.2 Å². The molecule has 0 atom stereocenters. The Morgan fingerprint density at radius 3 is 2.43 bits per heavy atom. The quantitative estimate of drug-likeness (QED) is 0.879. The van der Waals surface area contributed by atoms with Crippen LogP contribution in [0.15, 0.2) is 46.9 Å². The van der Waals surface area contributed by atoms with Gasteiger partial charge in [0.25, 0.3) is 0 Å². The molecule has 0 saturated heterocycles. The maximum absolute atomic E-state index is 3.73. The van der Waals surface area contributed by atoms with E-state index in [9.17, 15) is 0 Å². The molecule has 0 fully saturated rings. The van der Waals surface area contributed by atoms with Crippen molar-refractivity contribution in [3.05, 3.63) is 69.2 Å². The number of nitrogens with one attached hydrogen (secondary N) is 1.